The summed E-state index contributed by atoms with van der Waals surface area (Å²) in [4.78, 5) is 19.2. The summed E-state index contributed by atoms with van der Waals surface area (Å²) in [6, 6.07) is 0. The Balaban J connectivity index is 2.43. The second-order valence-electron chi connectivity index (χ2n) is 4.98. The Morgan fingerprint density at radius 1 is 1.50 bits per heavy atom. The van der Waals surface area contributed by atoms with Crippen molar-refractivity contribution in [3.05, 3.63) is 17.1 Å². The van der Waals surface area contributed by atoms with E-state index >= 15 is 0 Å². The number of rotatable bonds is 2. The monoisotopic (exact) mass is 221 g/mol. The third-order valence-corrected chi connectivity index (χ3v) is 3.17. The highest BCUT2D eigenvalue weighted by molar-refractivity contribution is 5.93. The van der Waals surface area contributed by atoms with Crippen LogP contribution in [-0.2, 0) is 0 Å². The number of nitrogens with two attached hydrogens (primary N) is 1. The molecule has 1 aromatic rings. The van der Waals surface area contributed by atoms with Gasteiger partial charge < -0.3 is 10.8 Å². The van der Waals surface area contributed by atoms with Gasteiger partial charge >= 0.3 is 5.97 Å². The van der Waals surface area contributed by atoms with Crippen molar-refractivity contribution in [3.8, 4) is 0 Å². The Morgan fingerprint density at radius 2 is 2.06 bits per heavy atom. The van der Waals surface area contributed by atoms with Gasteiger partial charge in [0.2, 0.25) is 0 Å². The zero-order valence-electron chi connectivity index (χ0n) is 9.61. The molecule has 0 radical (unpaired) electrons. The average molecular weight is 221 g/mol. The highest BCUT2D eigenvalue weighted by Crippen LogP contribution is 2.57. The molecule has 16 heavy (non-hydrogen) atoms. The molecular formula is C11H15N3O2. The van der Waals surface area contributed by atoms with Gasteiger partial charge in [-0.15, -0.1) is 0 Å². The first-order valence-electron chi connectivity index (χ1n) is 5.20. The molecule has 2 rings (SSSR count). The highest BCUT2D eigenvalue weighted by Gasteiger charge is 2.48. The van der Waals surface area contributed by atoms with Crippen molar-refractivity contribution in [2.24, 2.45) is 5.41 Å². The van der Waals surface area contributed by atoms with Crippen LogP contribution in [0.3, 0.4) is 0 Å². The number of anilines is 1. The summed E-state index contributed by atoms with van der Waals surface area (Å²) in [7, 11) is 0. The smallest absolute Gasteiger partial charge is 0.341 e. The maximum absolute atomic E-state index is 10.9. The summed E-state index contributed by atoms with van der Waals surface area (Å²) in [6.45, 7) is 5.93. The maximum atomic E-state index is 10.9. The Kier molecular flexibility index (Phi) is 2.15. The van der Waals surface area contributed by atoms with Crippen molar-refractivity contribution < 1.29 is 9.90 Å². The van der Waals surface area contributed by atoms with Crippen LogP contribution in [-0.4, -0.2) is 21.0 Å². The molecule has 1 aromatic heterocycles. The molecule has 1 heterocycles. The van der Waals surface area contributed by atoms with E-state index in [1.165, 1.54) is 0 Å². The standard InChI is InChI=1S/C11H15N3O2/c1-5-7(10(15)16)8(12)14-9(13-5)6-4-11(6,2)3/h6H,4H2,1-3H3,(H,15,16)(H2,12,13,14). The molecule has 1 saturated carbocycles. The maximum Gasteiger partial charge on any atom is 0.341 e. The highest BCUT2D eigenvalue weighted by atomic mass is 16.4. The fourth-order valence-electron chi connectivity index (χ4n) is 1.95. The molecule has 0 spiro atoms. The number of hydrogen-bond acceptors (Lipinski definition) is 4. The SMILES string of the molecule is Cc1nc(C2CC2(C)C)nc(N)c1C(=O)O. The quantitative estimate of drug-likeness (QED) is 0.791. The van der Waals surface area contributed by atoms with Crippen molar-refractivity contribution in [2.45, 2.75) is 33.1 Å². The predicted octanol–water partition coefficient (Wildman–Crippen LogP) is 1.58. The number of nitrogens with zero attached hydrogens (tertiary/aromatic N) is 2. The van der Waals surface area contributed by atoms with Crippen molar-refractivity contribution in [1.82, 2.24) is 9.97 Å². The van der Waals surface area contributed by atoms with Gasteiger partial charge in [-0.25, -0.2) is 14.8 Å². The van der Waals surface area contributed by atoms with E-state index in [-0.39, 0.29) is 16.8 Å². The summed E-state index contributed by atoms with van der Waals surface area (Å²) in [5, 5.41) is 8.93. The molecule has 1 fully saturated rings. The van der Waals surface area contributed by atoms with Gasteiger partial charge in [0.15, 0.2) is 0 Å². The van der Waals surface area contributed by atoms with Crippen LogP contribution in [0, 0.1) is 12.3 Å². The first-order valence-corrected chi connectivity index (χ1v) is 5.20. The van der Waals surface area contributed by atoms with Gasteiger partial charge in [0.25, 0.3) is 0 Å². The van der Waals surface area contributed by atoms with Crippen LogP contribution in [0.2, 0.25) is 0 Å². The van der Waals surface area contributed by atoms with E-state index < -0.39 is 5.97 Å². The lowest BCUT2D eigenvalue weighted by molar-refractivity contribution is 0.0696. The molecule has 0 aromatic carbocycles. The number of carboxylic acids is 1. The Hall–Kier alpha value is -1.65. The van der Waals surface area contributed by atoms with E-state index in [1.54, 1.807) is 6.92 Å². The molecule has 1 atom stereocenters. The lowest BCUT2D eigenvalue weighted by Crippen LogP contribution is -2.12. The topological polar surface area (TPSA) is 89.1 Å². The summed E-state index contributed by atoms with van der Waals surface area (Å²) in [5.41, 5.74) is 6.32. The zero-order chi connectivity index (χ0) is 12.1. The molecule has 0 amide bonds. The van der Waals surface area contributed by atoms with E-state index in [2.05, 4.69) is 23.8 Å². The van der Waals surface area contributed by atoms with Gasteiger partial charge in [0, 0.05) is 5.92 Å². The largest absolute Gasteiger partial charge is 0.477 e. The number of aromatic carboxylic acids is 1. The van der Waals surface area contributed by atoms with Crippen molar-refractivity contribution in [2.75, 3.05) is 5.73 Å². The van der Waals surface area contributed by atoms with Crippen molar-refractivity contribution in [1.29, 1.82) is 0 Å². The minimum Gasteiger partial charge on any atom is -0.477 e. The van der Waals surface area contributed by atoms with Gasteiger partial charge in [0.05, 0.1) is 5.69 Å². The number of nitrogen functional groups attached to an aromatic ring is 1. The normalized spacial score (nSPS) is 21.8. The van der Waals surface area contributed by atoms with Crippen molar-refractivity contribution in [3.63, 3.8) is 0 Å². The molecule has 5 heteroatoms. The van der Waals surface area contributed by atoms with Gasteiger partial charge in [-0.2, -0.15) is 0 Å². The summed E-state index contributed by atoms with van der Waals surface area (Å²) < 4.78 is 0. The summed E-state index contributed by atoms with van der Waals surface area (Å²) >= 11 is 0. The van der Waals surface area contributed by atoms with E-state index in [0.717, 1.165) is 6.42 Å². The van der Waals surface area contributed by atoms with Crippen LogP contribution >= 0.6 is 0 Å². The van der Waals surface area contributed by atoms with E-state index in [4.69, 9.17) is 10.8 Å². The molecule has 86 valence electrons. The van der Waals surface area contributed by atoms with E-state index in [9.17, 15) is 4.79 Å². The van der Waals surface area contributed by atoms with Crippen LogP contribution in [0.4, 0.5) is 5.82 Å². The van der Waals surface area contributed by atoms with E-state index in [1.807, 2.05) is 0 Å². The van der Waals surface area contributed by atoms with E-state index in [0.29, 0.717) is 17.4 Å². The van der Waals surface area contributed by atoms with Gasteiger partial charge in [-0.1, -0.05) is 13.8 Å². The second-order valence-corrected chi connectivity index (χ2v) is 4.98. The lowest BCUT2D eigenvalue weighted by Gasteiger charge is -2.08. The number of carbonyl (C=O) groups is 1. The summed E-state index contributed by atoms with van der Waals surface area (Å²) in [5.74, 6) is -0.0318. The fraction of sp³-hybridized carbons (Fsp3) is 0.545. The van der Waals surface area contributed by atoms with Crippen LogP contribution in [0.25, 0.3) is 0 Å². The fourth-order valence-corrected chi connectivity index (χ4v) is 1.95. The molecule has 1 aliphatic carbocycles. The predicted molar refractivity (Wildman–Crippen MR) is 59.3 cm³/mol. The molecule has 1 unspecified atom stereocenters. The molecule has 0 saturated heterocycles. The number of aryl methyl sites for hydroxylation is 1. The van der Waals surface area contributed by atoms with Crippen molar-refractivity contribution >= 4 is 11.8 Å². The third-order valence-electron chi connectivity index (χ3n) is 3.17. The number of hydrogen-bond donors (Lipinski definition) is 2. The summed E-state index contributed by atoms with van der Waals surface area (Å²) in [6.07, 6.45) is 1.03. The lowest BCUT2D eigenvalue weighted by atomic mass is 10.1. The minimum atomic E-state index is -1.07. The zero-order valence-corrected chi connectivity index (χ0v) is 9.61. The molecule has 3 N–H and O–H groups in total. The molecule has 5 nitrogen and oxygen atoms in total. The molecule has 0 bridgehead atoms. The number of aromatic nitrogens is 2. The molecular weight excluding hydrogens is 206 g/mol. The van der Waals surface area contributed by atoms with Crippen LogP contribution in [0.15, 0.2) is 0 Å². The molecule has 1 aliphatic rings. The first-order chi connectivity index (χ1) is 7.33. The third kappa shape index (κ3) is 1.62. The van der Waals surface area contributed by atoms with Gasteiger partial charge in [-0.05, 0) is 18.8 Å². The molecule has 0 aliphatic heterocycles. The second kappa shape index (κ2) is 3.17. The Bertz CT molecular complexity index is 445. The number of carboxylic acid groups (broad SMARTS) is 1. The Labute approximate surface area is 93.7 Å². The first kappa shape index (κ1) is 10.9. The van der Waals surface area contributed by atoms with Gasteiger partial charge in [-0.3, -0.25) is 0 Å². The minimum absolute atomic E-state index is 0.0159. The van der Waals surface area contributed by atoms with Crippen LogP contribution in [0.5, 0.6) is 0 Å². The Morgan fingerprint density at radius 3 is 2.44 bits per heavy atom. The van der Waals surface area contributed by atoms with Crippen LogP contribution < -0.4 is 5.73 Å². The average Bonchev–Trinajstić information content (AvgIpc) is 2.73. The van der Waals surface area contributed by atoms with Gasteiger partial charge in [0.1, 0.15) is 17.2 Å². The van der Waals surface area contributed by atoms with Crippen LogP contribution in [0.1, 0.15) is 48.1 Å².